The van der Waals surface area contributed by atoms with Crippen molar-refractivity contribution in [3.8, 4) is 11.1 Å². The van der Waals surface area contributed by atoms with Crippen molar-refractivity contribution in [2.45, 2.75) is 44.0 Å². The Morgan fingerprint density at radius 1 is 0.710 bits per heavy atom. The van der Waals surface area contributed by atoms with Crippen LogP contribution in [-0.4, -0.2) is 30.7 Å². The molecule has 0 bridgehead atoms. The molecule has 3 unspecified atom stereocenters. The summed E-state index contributed by atoms with van der Waals surface area (Å²) in [5.74, 6) is 0. The molecule has 160 valence electrons. The van der Waals surface area contributed by atoms with Gasteiger partial charge >= 0.3 is 0 Å². The minimum Gasteiger partial charge on any atom is -0.373 e. The molecule has 0 radical (unpaired) electrons. The normalized spacial score (nSPS) is 20.4. The molecular weight excluding hydrogens is 388 g/mol. The van der Waals surface area contributed by atoms with E-state index in [-0.39, 0.29) is 6.10 Å². The van der Waals surface area contributed by atoms with Gasteiger partial charge in [0.1, 0.15) is 6.10 Å². The predicted molar refractivity (Wildman–Crippen MR) is 120 cm³/mol. The van der Waals surface area contributed by atoms with Gasteiger partial charge < -0.3 is 9.47 Å². The van der Waals surface area contributed by atoms with Gasteiger partial charge in [0, 0.05) is 12.8 Å². The van der Waals surface area contributed by atoms with Gasteiger partial charge in [-0.2, -0.15) is 0 Å². The summed E-state index contributed by atoms with van der Waals surface area (Å²) < 4.78 is 10.6. The average Bonchev–Trinajstić information content (AvgIpc) is 3.74. The van der Waals surface area contributed by atoms with Crippen molar-refractivity contribution in [3.63, 3.8) is 0 Å². The summed E-state index contributed by atoms with van der Waals surface area (Å²) in [7, 11) is 0. The van der Waals surface area contributed by atoms with Gasteiger partial charge in [-0.3, -0.25) is 5.26 Å². The zero-order valence-corrected chi connectivity index (χ0v) is 17.6. The molecule has 5 rings (SSSR count). The van der Waals surface area contributed by atoms with E-state index < -0.39 is 0 Å². The molecule has 0 aromatic heterocycles. The monoisotopic (exact) mass is 416 g/mol. The highest BCUT2D eigenvalue weighted by atomic mass is 17.1. The molecule has 31 heavy (non-hydrogen) atoms. The van der Waals surface area contributed by atoms with Crippen LogP contribution in [0.5, 0.6) is 0 Å². The zero-order chi connectivity index (χ0) is 21.0. The first-order valence-electron chi connectivity index (χ1n) is 11.1. The van der Waals surface area contributed by atoms with E-state index in [1.165, 1.54) is 22.3 Å². The van der Waals surface area contributed by atoms with E-state index in [0.717, 1.165) is 50.0 Å². The second-order valence-electron chi connectivity index (χ2n) is 8.59. The molecule has 2 heterocycles. The summed E-state index contributed by atoms with van der Waals surface area (Å²) in [4.78, 5) is 4.82. The van der Waals surface area contributed by atoms with Crippen molar-refractivity contribution >= 4 is 0 Å². The van der Waals surface area contributed by atoms with Gasteiger partial charge in [0.2, 0.25) is 0 Å². The fourth-order valence-corrected chi connectivity index (χ4v) is 4.04. The highest BCUT2D eigenvalue weighted by Crippen LogP contribution is 2.27. The Hall–Kier alpha value is -2.50. The zero-order valence-electron chi connectivity index (χ0n) is 17.6. The lowest BCUT2D eigenvalue weighted by molar-refractivity contribution is -0.283. The highest BCUT2D eigenvalue weighted by Gasteiger charge is 2.23. The van der Waals surface area contributed by atoms with Crippen molar-refractivity contribution in [2.75, 3.05) is 13.2 Å². The first-order valence-corrected chi connectivity index (χ1v) is 11.1. The summed E-state index contributed by atoms with van der Waals surface area (Å²) in [5.41, 5.74) is 7.19. The van der Waals surface area contributed by atoms with Gasteiger partial charge in [0.15, 0.2) is 0 Å². The molecule has 1 N–H and O–H groups in total. The van der Waals surface area contributed by atoms with E-state index in [0.29, 0.717) is 12.2 Å². The number of epoxide rings is 2. The fraction of sp³-hybridized carbons (Fsp3) is 0.333. The molecule has 2 aliphatic heterocycles. The van der Waals surface area contributed by atoms with E-state index >= 15 is 0 Å². The van der Waals surface area contributed by atoms with Crippen molar-refractivity contribution in [1.29, 1.82) is 0 Å². The van der Waals surface area contributed by atoms with Gasteiger partial charge in [0.05, 0.1) is 25.4 Å². The third kappa shape index (κ3) is 5.60. The summed E-state index contributed by atoms with van der Waals surface area (Å²) >= 11 is 0. The standard InChI is InChI=1S/C27H28O4/c28-31-27(14-7-19-1-3-20(4-2-19)15-25-17-29-25)24-12-10-23(11-13-24)22-8-5-21(6-9-22)16-26-18-30-26/h1-6,8-13,25-28H,7,14-18H2. The van der Waals surface area contributed by atoms with E-state index in [9.17, 15) is 5.26 Å². The van der Waals surface area contributed by atoms with Crippen LogP contribution >= 0.6 is 0 Å². The molecule has 3 aromatic carbocycles. The number of rotatable bonds is 10. The topological polar surface area (TPSA) is 54.5 Å². The van der Waals surface area contributed by atoms with Crippen molar-refractivity contribution in [1.82, 2.24) is 0 Å². The van der Waals surface area contributed by atoms with Crippen LogP contribution in [0.25, 0.3) is 11.1 Å². The van der Waals surface area contributed by atoms with Gasteiger partial charge in [0.25, 0.3) is 0 Å². The number of aryl methyl sites for hydroxylation is 1. The molecule has 3 atom stereocenters. The minimum atomic E-state index is -0.338. The Bertz CT molecular complexity index is 971. The lowest BCUT2D eigenvalue weighted by Gasteiger charge is -2.15. The Kier molecular flexibility index (Phi) is 6.14. The molecule has 3 aromatic rings. The molecule has 0 saturated carbocycles. The van der Waals surface area contributed by atoms with E-state index in [2.05, 4.69) is 60.7 Å². The molecule has 0 spiro atoms. The largest absolute Gasteiger partial charge is 0.373 e. The first kappa shape index (κ1) is 20.4. The molecule has 0 amide bonds. The number of benzene rings is 3. The maximum absolute atomic E-state index is 9.48. The van der Waals surface area contributed by atoms with E-state index in [1.807, 2.05) is 12.1 Å². The van der Waals surface area contributed by atoms with E-state index in [1.54, 1.807) is 0 Å². The third-order valence-electron chi connectivity index (χ3n) is 6.15. The maximum atomic E-state index is 9.48. The molecule has 4 heteroatoms. The van der Waals surface area contributed by atoms with Crippen molar-refractivity contribution in [3.05, 3.63) is 95.1 Å². The van der Waals surface area contributed by atoms with Crippen LogP contribution in [-0.2, 0) is 33.6 Å². The van der Waals surface area contributed by atoms with Gasteiger partial charge in [-0.25, -0.2) is 4.89 Å². The lowest BCUT2D eigenvalue weighted by Crippen LogP contribution is -2.04. The number of hydrogen-bond acceptors (Lipinski definition) is 4. The van der Waals surface area contributed by atoms with Crippen LogP contribution in [0.15, 0.2) is 72.8 Å². The second-order valence-corrected chi connectivity index (χ2v) is 8.59. The van der Waals surface area contributed by atoms with Crippen LogP contribution in [0.1, 0.15) is 34.8 Å². The summed E-state index contributed by atoms with van der Waals surface area (Å²) in [5, 5.41) is 9.48. The fourth-order valence-electron chi connectivity index (χ4n) is 4.04. The van der Waals surface area contributed by atoms with Gasteiger partial charge in [-0.05, 0) is 46.2 Å². The minimum absolute atomic E-state index is 0.338. The molecule has 2 fully saturated rings. The van der Waals surface area contributed by atoms with Gasteiger partial charge in [-0.15, -0.1) is 0 Å². The van der Waals surface area contributed by atoms with Crippen LogP contribution in [0.4, 0.5) is 0 Å². The van der Waals surface area contributed by atoms with Crippen molar-refractivity contribution in [2.24, 2.45) is 0 Å². The highest BCUT2D eigenvalue weighted by molar-refractivity contribution is 5.64. The molecule has 4 nitrogen and oxygen atoms in total. The summed E-state index contributed by atoms with van der Waals surface area (Å²) in [6.07, 6.45) is 4.04. The number of ether oxygens (including phenoxy) is 2. The summed E-state index contributed by atoms with van der Waals surface area (Å²) in [6.45, 7) is 1.77. The summed E-state index contributed by atoms with van der Waals surface area (Å²) in [6, 6.07) is 25.6. The second kappa shape index (κ2) is 9.33. The van der Waals surface area contributed by atoms with Crippen LogP contribution in [0.3, 0.4) is 0 Å². The maximum Gasteiger partial charge on any atom is 0.118 e. The number of hydrogen-bond donors (Lipinski definition) is 1. The third-order valence-corrected chi connectivity index (χ3v) is 6.15. The quantitative estimate of drug-likeness (QED) is 0.273. The molecule has 0 aliphatic carbocycles. The van der Waals surface area contributed by atoms with Crippen LogP contribution in [0, 0.1) is 0 Å². The first-order chi connectivity index (χ1) is 15.3. The van der Waals surface area contributed by atoms with Crippen molar-refractivity contribution < 1.29 is 19.6 Å². The molecule has 2 aliphatic rings. The lowest BCUT2D eigenvalue weighted by atomic mass is 9.97. The van der Waals surface area contributed by atoms with Crippen LogP contribution < -0.4 is 0 Å². The van der Waals surface area contributed by atoms with Gasteiger partial charge in [-0.1, -0.05) is 72.8 Å². The SMILES string of the molecule is OOC(CCc1ccc(CC2CO2)cc1)c1ccc(-c2ccc(CC3CO3)cc2)cc1. The van der Waals surface area contributed by atoms with Crippen LogP contribution in [0.2, 0.25) is 0 Å². The molecule has 2 saturated heterocycles. The Balaban J connectivity index is 1.18. The smallest absolute Gasteiger partial charge is 0.118 e. The Labute approximate surface area is 183 Å². The molecular formula is C27H28O4. The Morgan fingerprint density at radius 3 is 1.65 bits per heavy atom. The van der Waals surface area contributed by atoms with E-state index in [4.69, 9.17) is 14.4 Å². The Morgan fingerprint density at radius 2 is 1.16 bits per heavy atom. The predicted octanol–water partition coefficient (Wildman–Crippen LogP) is 5.40. The average molecular weight is 417 g/mol.